The predicted octanol–water partition coefficient (Wildman–Crippen LogP) is 3.19. The summed E-state index contributed by atoms with van der Waals surface area (Å²) in [5.74, 6) is 0.823. The second kappa shape index (κ2) is 10.7. The van der Waals surface area contributed by atoms with Crippen LogP contribution < -0.4 is 10.6 Å². The van der Waals surface area contributed by atoms with E-state index < -0.39 is 0 Å². The molecule has 0 bridgehead atoms. The van der Waals surface area contributed by atoms with Crippen LogP contribution >= 0.6 is 24.0 Å². The SMILES string of the molecule is CCNC(=NCc1ccccn1)NCCCn1cnc2ccccc21.I. The number of nitrogens with one attached hydrogen (secondary N) is 2. The molecule has 0 amide bonds. The molecule has 0 aliphatic rings. The normalized spacial score (nSPS) is 11.2. The van der Waals surface area contributed by atoms with Gasteiger partial charge in [0.1, 0.15) is 0 Å². The Bertz CT molecular complexity index is 815. The molecule has 2 aromatic heterocycles. The highest BCUT2D eigenvalue weighted by Gasteiger charge is 2.02. The number of aromatic nitrogens is 3. The number of nitrogens with zero attached hydrogens (tertiary/aromatic N) is 4. The largest absolute Gasteiger partial charge is 0.357 e. The molecular weight excluding hydrogens is 439 g/mol. The fourth-order valence-corrected chi connectivity index (χ4v) is 2.64. The van der Waals surface area contributed by atoms with E-state index in [1.807, 2.05) is 42.7 Å². The van der Waals surface area contributed by atoms with Crippen LogP contribution in [0.25, 0.3) is 11.0 Å². The van der Waals surface area contributed by atoms with E-state index in [4.69, 9.17) is 0 Å². The topological polar surface area (TPSA) is 67.1 Å². The first-order valence-corrected chi connectivity index (χ1v) is 8.69. The minimum atomic E-state index is 0. The third kappa shape index (κ3) is 5.69. The van der Waals surface area contributed by atoms with Crippen LogP contribution in [-0.4, -0.2) is 33.6 Å². The third-order valence-electron chi connectivity index (χ3n) is 3.87. The third-order valence-corrected chi connectivity index (χ3v) is 3.87. The van der Waals surface area contributed by atoms with Crippen LogP contribution in [0.5, 0.6) is 0 Å². The van der Waals surface area contributed by atoms with Crippen molar-refractivity contribution in [2.45, 2.75) is 26.4 Å². The summed E-state index contributed by atoms with van der Waals surface area (Å²) < 4.78 is 2.19. The van der Waals surface area contributed by atoms with Crippen LogP contribution in [0, 0.1) is 0 Å². The van der Waals surface area contributed by atoms with Crippen molar-refractivity contribution >= 4 is 41.0 Å². The molecular formula is C19H25IN6. The van der Waals surface area contributed by atoms with Crippen LogP contribution in [0.4, 0.5) is 0 Å². The van der Waals surface area contributed by atoms with E-state index >= 15 is 0 Å². The fourth-order valence-electron chi connectivity index (χ4n) is 2.64. The van der Waals surface area contributed by atoms with Crippen LogP contribution in [0.1, 0.15) is 19.0 Å². The molecule has 0 spiro atoms. The number of halogens is 1. The van der Waals surface area contributed by atoms with Crippen molar-refractivity contribution in [3.05, 3.63) is 60.7 Å². The van der Waals surface area contributed by atoms with Gasteiger partial charge in [-0.05, 0) is 37.6 Å². The van der Waals surface area contributed by atoms with Gasteiger partial charge in [0, 0.05) is 25.8 Å². The Morgan fingerprint density at radius 2 is 1.92 bits per heavy atom. The number of rotatable bonds is 7. The summed E-state index contributed by atoms with van der Waals surface area (Å²) in [6, 6.07) is 14.1. The molecule has 3 rings (SSSR count). The standard InChI is InChI=1S/C19H24N6.HI/c1-2-20-19(23-14-16-8-5-6-11-21-16)22-12-7-13-25-15-24-17-9-3-4-10-18(17)25;/h3-6,8-11,15H,2,7,12-14H2,1H3,(H2,20,22,23);1H. The zero-order chi connectivity index (χ0) is 17.3. The van der Waals surface area contributed by atoms with E-state index in [9.17, 15) is 0 Å². The van der Waals surface area contributed by atoms with Gasteiger partial charge in [0.2, 0.25) is 0 Å². The molecule has 3 aromatic rings. The number of pyridine rings is 1. The van der Waals surface area contributed by atoms with Gasteiger partial charge in [0.25, 0.3) is 0 Å². The van der Waals surface area contributed by atoms with Crippen molar-refractivity contribution in [1.29, 1.82) is 0 Å². The maximum absolute atomic E-state index is 4.58. The Labute approximate surface area is 171 Å². The zero-order valence-corrected chi connectivity index (χ0v) is 17.3. The number of benzene rings is 1. The molecule has 0 radical (unpaired) electrons. The molecule has 0 aliphatic carbocycles. The Hall–Kier alpha value is -2.16. The average Bonchev–Trinajstić information content (AvgIpc) is 3.07. The summed E-state index contributed by atoms with van der Waals surface area (Å²) >= 11 is 0. The van der Waals surface area contributed by atoms with Crippen molar-refractivity contribution in [2.75, 3.05) is 13.1 Å². The highest BCUT2D eigenvalue weighted by Crippen LogP contribution is 2.11. The van der Waals surface area contributed by atoms with Gasteiger partial charge in [-0.1, -0.05) is 18.2 Å². The molecule has 2 heterocycles. The van der Waals surface area contributed by atoms with E-state index in [2.05, 4.69) is 43.2 Å². The number of aryl methyl sites for hydroxylation is 1. The smallest absolute Gasteiger partial charge is 0.191 e. The van der Waals surface area contributed by atoms with Gasteiger partial charge in [-0.2, -0.15) is 0 Å². The van der Waals surface area contributed by atoms with E-state index in [0.29, 0.717) is 6.54 Å². The van der Waals surface area contributed by atoms with Crippen molar-refractivity contribution < 1.29 is 0 Å². The summed E-state index contributed by atoms with van der Waals surface area (Å²) in [7, 11) is 0. The second-order valence-corrected chi connectivity index (χ2v) is 5.72. The van der Waals surface area contributed by atoms with Gasteiger partial charge in [0.15, 0.2) is 5.96 Å². The number of hydrogen-bond donors (Lipinski definition) is 2. The minimum absolute atomic E-state index is 0. The summed E-state index contributed by atoms with van der Waals surface area (Å²) in [6.07, 6.45) is 4.69. The maximum Gasteiger partial charge on any atom is 0.191 e. The molecule has 26 heavy (non-hydrogen) atoms. The number of aliphatic imine (C=N–C) groups is 1. The Morgan fingerprint density at radius 3 is 2.73 bits per heavy atom. The summed E-state index contributed by atoms with van der Waals surface area (Å²) in [5, 5.41) is 6.65. The summed E-state index contributed by atoms with van der Waals surface area (Å²) in [5.41, 5.74) is 3.18. The molecule has 7 heteroatoms. The molecule has 1 aromatic carbocycles. The first-order chi connectivity index (χ1) is 12.4. The molecule has 0 aliphatic heterocycles. The Morgan fingerprint density at radius 1 is 1.08 bits per heavy atom. The van der Waals surface area contributed by atoms with Crippen molar-refractivity contribution in [3.8, 4) is 0 Å². The van der Waals surface area contributed by atoms with E-state index in [0.717, 1.165) is 43.2 Å². The molecule has 0 fully saturated rings. The van der Waals surface area contributed by atoms with Crippen molar-refractivity contribution in [3.63, 3.8) is 0 Å². The quantitative estimate of drug-likeness (QED) is 0.244. The Balaban J connectivity index is 0.00000243. The lowest BCUT2D eigenvalue weighted by atomic mass is 10.3. The summed E-state index contributed by atoms with van der Waals surface area (Å²) in [4.78, 5) is 13.3. The lowest BCUT2D eigenvalue weighted by Gasteiger charge is -2.11. The van der Waals surface area contributed by atoms with Gasteiger partial charge >= 0.3 is 0 Å². The van der Waals surface area contributed by atoms with Crippen molar-refractivity contribution in [2.24, 2.45) is 4.99 Å². The number of guanidine groups is 1. The maximum atomic E-state index is 4.58. The second-order valence-electron chi connectivity index (χ2n) is 5.72. The minimum Gasteiger partial charge on any atom is -0.357 e. The number of imidazole rings is 1. The molecule has 6 nitrogen and oxygen atoms in total. The highest BCUT2D eigenvalue weighted by atomic mass is 127. The number of hydrogen-bond acceptors (Lipinski definition) is 3. The molecule has 0 saturated heterocycles. The van der Waals surface area contributed by atoms with Gasteiger partial charge < -0.3 is 15.2 Å². The van der Waals surface area contributed by atoms with Gasteiger partial charge in [-0.25, -0.2) is 9.98 Å². The monoisotopic (exact) mass is 464 g/mol. The molecule has 138 valence electrons. The molecule has 2 N–H and O–H groups in total. The number of fused-ring (bicyclic) bond motifs is 1. The molecule has 0 unspecified atom stereocenters. The number of para-hydroxylation sites is 2. The first kappa shape index (κ1) is 20.2. The fraction of sp³-hybridized carbons (Fsp3) is 0.316. The lowest BCUT2D eigenvalue weighted by molar-refractivity contribution is 0.637. The highest BCUT2D eigenvalue weighted by molar-refractivity contribution is 14.0. The van der Waals surface area contributed by atoms with Crippen LogP contribution in [-0.2, 0) is 13.1 Å². The summed E-state index contributed by atoms with van der Waals surface area (Å²) in [6.45, 7) is 5.24. The van der Waals surface area contributed by atoms with Gasteiger partial charge in [-0.15, -0.1) is 24.0 Å². The molecule has 0 atom stereocenters. The van der Waals surface area contributed by atoms with Crippen LogP contribution in [0.3, 0.4) is 0 Å². The van der Waals surface area contributed by atoms with Gasteiger partial charge in [0.05, 0.1) is 29.6 Å². The van der Waals surface area contributed by atoms with Crippen molar-refractivity contribution in [1.82, 2.24) is 25.2 Å². The van der Waals surface area contributed by atoms with E-state index in [-0.39, 0.29) is 24.0 Å². The van der Waals surface area contributed by atoms with E-state index in [1.165, 1.54) is 5.52 Å². The van der Waals surface area contributed by atoms with Gasteiger partial charge in [-0.3, -0.25) is 4.98 Å². The predicted molar refractivity (Wildman–Crippen MR) is 117 cm³/mol. The van der Waals surface area contributed by atoms with Crippen LogP contribution in [0.2, 0.25) is 0 Å². The lowest BCUT2D eigenvalue weighted by Crippen LogP contribution is -2.38. The molecule has 0 saturated carbocycles. The first-order valence-electron chi connectivity index (χ1n) is 8.69. The zero-order valence-electron chi connectivity index (χ0n) is 14.9. The average molecular weight is 464 g/mol. The Kier molecular flexibility index (Phi) is 8.33. The van der Waals surface area contributed by atoms with Crippen LogP contribution in [0.15, 0.2) is 60.0 Å². The van der Waals surface area contributed by atoms with E-state index in [1.54, 1.807) is 6.20 Å².